The SMILES string of the molecule is COc1ccc(C(C)=O)cc1COC(=O)c1csc(NCCC(C)C)n1. The van der Waals surface area contributed by atoms with Crippen molar-refractivity contribution in [2.45, 2.75) is 33.8 Å². The molecule has 26 heavy (non-hydrogen) atoms. The van der Waals surface area contributed by atoms with Crippen molar-refractivity contribution in [3.05, 3.63) is 40.4 Å². The van der Waals surface area contributed by atoms with Crippen molar-refractivity contribution in [1.82, 2.24) is 4.98 Å². The molecule has 0 aliphatic heterocycles. The Kier molecular flexibility index (Phi) is 7.15. The van der Waals surface area contributed by atoms with Crippen molar-refractivity contribution in [2.75, 3.05) is 19.0 Å². The Morgan fingerprint density at radius 2 is 2.08 bits per heavy atom. The number of benzene rings is 1. The molecule has 0 aliphatic rings. The lowest BCUT2D eigenvalue weighted by atomic mass is 10.1. The van der Waals surface area contributed by atoms with Gasteiger partial charge in [0.25, 0.3) is 0 Å². The van der Waals surface area contributed by atoms with Crippen LogP contribution in [0.15, 0.2) is 23.6 Å². The number of carbonyl (C=O) groups is 2. The van der Waals surface area contributed by atoms with Gasteiger partial charge in [-0.3, -0.25) is 4.79 Å². The fourth-order valence-corrected chi connectivity index (χ4v) is 2.95. The Morgan fingerprint density at radius 1 is 1.31 bits per heavy atom. The second-order valence-corrected chi connectivity index (χ2v) is 7.16. The largest absolute Gasteiger partial charge is 0.496 e. The van der Waals surface area contributed by atoms with Gasteiger partial charge in [0, 0.05) is 23.1 Å². The lowest BCUT2D eigenvalue weighted by Gasteiger charge is -2.10. The molecule has 1 aromatic carbocycles. The number of Topliss-reactive ketones (excluding diaryl/α,β-unsaturated/α-hetero) is 1. The van der Waals surface area contributed by atoms with Gasteiger partial charge in [0.15, 0.2) is 16.6 Å². The number of nitrogens with zero attached hydrogens (tertiary/aromatic N) is 1. The minimum absolute atomic E-state index is 0.0107. The summed E-state index contributed by atoms with van der Waals surface area (Å²) in [5.74, 6) is 0.607. The highest BCUT2D eigenvalue weighted by Crippen LogP contribution is 2.22. The number of anilines is 1. The Bertz CT molecular complexity index is 771. The first kappa shape index (κ1) is 19.9. The fourth-order valence-electron chi connectivity index (χ4n) is 2.24. The molecule has 0 saturated carbocycles. The zero-order valence-electron chi connectivity index (χ0n) is 15.5. The van der Waals surface area contributed by atoms with Gasteiger partial charge in [-0.1, -0.05) is 13.8 Å². The van der Waals surface area contributed by atoms with Crippen molar-refractivity contribution in [1.29, 1.82) is 0 Å². The van der Waals surface area contributed by atoms with Crippen molar-refractivity contribution < 1.29 is 19.1 Å². The van der Waals surface area contributed by atoms with Crippen LogP contribution in [0, 0.1) is 5.92 Å². The van der Waals surface area contributed by atoms with Crippen LogP contribution in [0.5, 0.6) is 5.75 Å². The van der Waals surface area contributed by atoms with E-state index < -0.39 is 5.97 Å². The van der Waals surface area contributed by atoms with Gasteiger partial charge in [0.1, 0.15) is 12.4 Å². The Hall–Kier alpha value is -2.41. The molecule has 2 rings (SSSR count). The monoisotopic (exact) mass is 376 g/mol. The quantitative estimate of drug-likeness (QED) is 0.523. The summed E-state index contributed by atoms with van der Waals surface area (Å²) in [7, 11) is 1.53. The van der Waals surface area contributed by atoms with Crippen LogP contribution in [0.4, 0.5) is 5.13 Å². The first-order valence-corrected chi connectivity index (χ1v) is 9.33. The molecular weight excluding hydrogens is 352 g/mol. The second-order valence-electron chi connectivity index (χ2n) is 6.31. The zero-order valence-corrected chi connectivity index (χ0v) is 16.3. The van der Waals surface area contributed by atoms with E-state index in [9.17, 15) is 9.59 Å². The number of nitrogens with one attached hydrogen (secondary N) is 1. The van der Waals surface area contributed by atoms with Crippen LogP contribution >= 0.6 is 11.3 Å². The molecule has 1 N–H and O–H groups in total. The molecule has 0 bridgehead atoms. The summed E-state index contributed by atoms with van der Waals surface area (Å²) in [5.41, 5.74) is 1.45. The standard InChI is InChI=1S/C19H24N2O4S/c1-12(2)7-8-20-19-21-16(11-26-19)18(23)25-10-15-9-14(13(3)22)5-6-17(15)24-4/h5-6,9,11-12H,7-8,10H2,1-4H3,(H,20,21). The van der Waals surface area contributed by atoms with Crippen LogP contribution in [-0.4, -0.2) is 30.4 Å². The number of ketones is 1. The number of rotatable bonds is 9. The van der Waals surface area contributed by atoms with Gasteiger partial charge >= 0.3 is 5.97 Å². The van der Waals surface area contributed by atoms with Gasteiger partial charge < -0.3 is 14.8 Å². The summed E-state index contributed by atoms with van der Waals surface area (Å²) in [6, 6.07) is 5.05. The molecule has 0 fully saturated rings. The average molecular weight is 376 g/mol. The first-order chi connectivity index (χ1) is 12.4. The molecule has 0 atom stereocenters. The van der Waals surface area contributed by atoms with E-state index in [1.54, 1.807) is 23.6 Å². The van der Waals surface area contributed by atoms with Crippen LogP contribution in [0.25, 0.3) is 0 Å². The summed E-state index contributed by atoms with van der Waals surface area (Å²) in [6.07, 6.45) is 1.03. The molecule has 1 heterocycles. The highest BCUT2D eigenvalue weighted by molar-refractivity contribution is 7.13. The van der Waals surface area contributed by atoms with E-state index in [-0.39, 0.29) is 18.1 Å². The summed E-state index contributed by atoms with van der Waals surface area (Å²) in [4.78, 5) is 28.0. The fraction of sp³-hybridized carbons (Fsp3) is 0.421. The summed E-state index contributed by atoms with van der Waals surface area (Å²) in [6.45, 7) is 6.62. The van der Waals surface area contributed by atoms with Crippen LogP contribution in [-0.2, 0) is 11.3 Å². The number of aromatic nitrogens is 1. The first-order valence-electron chi connectivity index (χ1n) is 8.45. The van der Waals surface area contributed by atoms with E-state index >= 15 is 0 Å². The molecule has 0 spiro atoms. The lowest BCUT2D eigenvalue weighted by molar-refractivity contribution is 0.0464. The van der Waals surface area contributed by atoms with Gasteiger partial charge in [-0.2, -0.15) is 0 Å². The predicted octanol–water partition coefficient (Wildman–Crippen LogP) is 4.17. The average Bonchev–Trinajstić information content (AvgIpc) is 3.08. The van der Waals surface area contributed by atoms with Crippen LogP contribution in [0.2, 0.25) is 0 Å². The topological polar surface area (TPSA) is 77.5 Å². The number of ether oxygens (including phenoxy) is 2. The molecule has 6 nitrogen and oxygen atoms in total. The normalized spacial score (nSPS) is 10.7. The van der Waals surface area contributed by atoms with Crippen molar-refractivity contribution in [3.63, 3.8) is 0 Å². The Balaban J connectivity index is 1.97. The smallest absolute Gasteiger partial charge is 0.358 e. The van der Waals surface area contributed by atoms with Gasteiger partial charge in [-0.05, 0) is 37.5 Å². The van der Waals surface area contributed by atoms with Crippen LogP contribution in [0.1, 0.15) is 53.6 Å². The number of esters is 1. The number of methoxy groups -OCH3 is 1. The molecule has 2 aromatic rings. The Labute approximate surface area is 157 Å². The number of hydrogen-bond donors (Lipinski definition) is 1. The zero-order chi connectivity index (χ0) is 19.1. The maximum Gasteiger partial charge on any atom is 0.358 e. The summed E-state index contributed by atoms with van der Waals surface area (Å²) < 4.78 is 10.6. The molecule has 1 aromatic heterocycles. The van der Waals surface area contributed by atoms with E-state index in [2.05, 4.69) is 24.1 Å². The van der Waals surface area contributed by atoms with Gasteiger partial charge in [0.2, 0.25) is 0 Å². The van der Waals surface area contributed by atoms with E-state index in [4.69, 9.17) is 9.47 Å². The van der Waals surface area contributed by atoms with E-state index in [0.717, 1.165) is 13.0 Å². The van der Waals surface area contributed by atoms with E-state index in [1.165, 1.54) is 25.4 Å². The molecule has 0 unspecified atom stereocenters. The molecule has 0 saturated heterocycles. The van der Waals surface area contributed by atoms with Gasteiger partial charge in [-0.15, -0.1) is 11.3 Å². The number of thiazole rings is 1. The number of hydrogen-bond acceptors (Lipinski definition) is 7. The van der Waals surface area contributed by atoms with Crippen molar-refractivity contribution in [3.8, 4) is 5.75 Å². The summed E-state index contributed by atoms with van der Waals surface area (Å²) in [5, 5.41) is 5.58. The highest BCUT2D eigenvalue weighted by atomic mass is 32.1. The molecular formula is C19H24N2O4S. The van der Waals surface area contributed by atoms with E-state index in [1.807, 2.05) is 0 Å². The van der Waals surface area contributed by atoms with Crippen molar-refractivity contribution in [2.24, 2.45) is 5.92 Å². The third-order valence-electron chi connectivity index (χ3n) is 3.76. The molecule has 7 heteroatoms. The maximum absolute atomic E-state index is 12.2. The maximum atomic E-state index is 12.2. The van der Waals surface area contributed by atoms with Gasteiger partial charge in [0.05, 0.1) is 7.11 Å². The van der Waals surface area contributed by atoms with Crippen LogP contribution < -0.4 is 10.1 Å². The third kappa shape index (κ3) is 5.56. The third-order valence-corrected chi connectivity index (χ3v) is 4.56. The Morgan fingerprint density at radius 3 is 2.73 bits per heavy atom. The van der Waals surface area contributed by atoms with Crippen LogP contribution in [0.3, 0.4) is 0 Å². The van der Waals surface area contributed by atoms with Gasteiger partial charge in [-0.25, -0.2) is 9.78 Å². The molecule has 0 aliphatic carbocycles. The minimum Gasteiger partial charge on any atom is -0.496 e. The lowest BCUT2D eigenvalue weighted by Crippen LogP contribution is -2.08. The molecule has 0 amide bonds. The number of carbonyl (C=O) groups excluding carboxylic acids is 2. The van der Waals surface area contributed by atoms with E-state index in [0.29, 0.717) is 27.9 Å². The van der Waals surface area contributed by atoms with Crippen molar-refractivity contribution >= 4 is 28.2 Å². The summed E-state index contributed by atoms with van der Waals surface area (Å²) >= 11 is 1.37. The second kappa shape index (κ2) is 9.33. The molecule has 140 valence electrons. The minimum atomic E-state index is -0.506. The predicted molar refractivity (Wildman–Crippen MR) is 102 cm³/mol. The highest BCUT2D eigenvalue weighted by Gasteiger charge is 2.15. The molecule has 0 radical (unpaired) electrons.